The van der Waals surface area contributed by atoms with Gasteiger partial charge in [0.2, 0.25) is 0 Å². The quantitative estimate of drug-likeness (QED) is 0.831. The molecule has 0 unspecified atom stereocenters. The molecule has 0 saturated carbocycles. The minimum atomic E-state index is -0.982. The molecule has 1 atom stereocenters. The Hall–Kier alpha value is -2.89. The normalized spacial score (nSPS) is 11.6. The van der Waals surface area contributed by atoms with Gasteiger partial charge in [-0.2, -0.15) is 0 Å². The average molecular weight is 317 g/mol. The van der Waals surface area contributed by atoms with Crippen LogP contribution in [0.15, 0.2) is 48.5 Å². The van der Waals surface area contributed by atoms with Gasteiger partial charge in [0.05, 0.1) is 6.42 Å². The van der Waals surface area contributed by atoms with Crippen LogP contribution in [0.4, 0.5) is 10.1 Å². The molecule has 2 aromatic rings. The van der Waals surface area contributed by atoms with E-state index in [0.29, 0.717) is 11.3 Å². The molecule has 0 aromatic heterocycles. The van der Waals surface area contributed by atoms with Crippen LogP contribution in [-0.4, -0.2) is 23.1 Å². The summed E-state index contributed by atoms with van der Waals surface area (Å²) in [5.74, 6) is -1.36. The van der Waals surface area contributed by atoms with Crippen molar-refractivity contribution in [3.05, 3.63) is 59.9 Å². The number of hydrogen-bond acceptors (Lipinski definition) is 4. The van der Waals surface area contributed by atoms with Crippen LogP contribution in [0, 0.1) is 5.82 Å². The maximum absolute atomic E-state index is 12.8. The molecular weight excluding hydrogens is 301 g/mol. The summed E-state index contributed by atoms with van der Waals surface area (Å²) in [5, 5.41) is 11.7. The number of esters is 1. The van der Waals surface area contributed by atoms with Crippen LogP contribution in [0.5, 0.6) is 5.75 Å². The summed E-state index contributed by atoms with van der Waals surface area (Å²) in [7, 11) is 0. The summed E-state index contributed by atoms with van der Waals surface area (Å²) in [5.41, 5.74) is 1.08. The molecule has 0 radical (unpaired) electrons. The number of amides is 1. The molecule has 6 heteroatoms. The van der Waals surface area contributed by atoms with Crippen LogP contribution < -0.4 is 5.32 Å². The Morgan fingerprint density at radius 3 is 2.35 bits per heavy atom. The van der Waals surface area contributed by atoms with Gasteiger partial charge in [-0.1, -0.05) is 12.1 Å². The first-order valence-corrected chi connectivity index (χ1v) is 6.98. The highest BCUT2D eigenvalue weighted by molar-refractivity contribution is 5.95. The molecule has 2 rings (SSSR count). The predicted octanol–water partition coefficient (Wildman–Crippen LogP) is 2.64. The van der Waals surface area contributed by atoms with E-state index < -0.39 is 23.8 Å². The molecule has 1 amide bonds. The average Bonchev–Trinajstić information content (AvgIpc) is 2.51. The van der Waals surface area contributed by atoms with Gasteiger partial charge in [-0.15, -0.1) is 0 Å². The van der Waals surface area contributed by atoms with Crippen LogP contribution in [0.3, 0.4) is 0 Å². The van der Waals surface area contributed by atoms with Crippen molar-refractivity contribution in [3.63, 3.8) is 0 Å². The Morgan fingerprint density at radius 2 is 1.74 bits per heavy atom. The van der Waals surface area contributed by atoms with Gasteiger partial charge in [-0.25, -0.2) is 4.39 Å². The zero-order valence-corrected chi connectivity index (χ0v) is 12.5. The van der Waals surface area contributed by atoms with Crippen molar-refractivity contribution < 1.29 is 23.8 Å². The minimum Gasteiger partial charge on any atom is -0.508 e. The zero-order chi connectivity index (χ0) is 16.8. The number of benzene rings is 2. The lowest BCUT2D eigenvalue weighted by Crippen LogP contribution is -2.30. The SMILES string of the molecule is C[C@@H](OC(=O)Cc1ccc(O)cc1)C(=O)Nc1ccc(F)cc1. The molecule has 0 spiro atoms. The third-order valence-corrected chi connectivity index (χ3v) is 3.07. The number of phenolic OH excluding ortho intramolecular Hbond substituents is 1. The van der Waals surface area contributed by atoms with Crippen LogP contribution in [0.2, 0.25) is 0 Å². The fourth-order valence-electron chi connectivity index (χ4n) is 1.85. The van der Waals surface area contributed by atoms with Gasteiger partial charge in [-0.05, 0) is 48.9 Å². The molecular formula is C17H16FNO4. The Labute approximate surface area is 132 Å². The van der Waals surface area contributed by atoms with Crippen molar-refractivity contribution in [2.45, 2.75) is 19.4 Å². The van der Waals surface area contributed by atoms with E-state index in [4.69, 9.17) is 4.74 Å². The van der Waals surface area contributed by atoms with Gasteiger partial charge < -0.3 is 15.2 Å². The summed E-state index contributed by atoms with van der Waals surface area (Å²) in [6.45, 7) is 1.45. The van der Waals surface area contributed by atoms with Crippen LogP contribution >= 0.6 is 0 Å². The molecule has 2 N–H and O–H groups in total. The van der Waals surface area contributed by atoms with Gasteiger partial charge in [-0.3, -0.25) is 9.59 Å². The molecule has 5 nitrogen and oxygen atoms in total. The predicted molar refractivity (Wildman–Crippen MR) is 82.4 cm³/mol. The minimum absolute atomic E-state index is 0.00551. The number of ether oxygens (including phenoxy) is 1. The van der Waals surface area contributed by atoms with Crippen LogP contribution in [0.1, 0.15) is 12.5 Å². The van der Waals surface area contributed by atoms with E-state index in [1.54, 1.807) is 12.1 Å². The van der Waals surface area contributed by atoms with E-state index in [0.717, 1.165) is 0 Å². The summed E-state index contributed by atoms with van der Waals surface area (Å²) in [6, 6.07) is 11.4. The van der Waals surface area contributed by atoms with Gasteiger partial charge in [0, 0.05) is 5.69 Å². The number of carbonyl (C=O) groups is 2. The third kappa shape index (κ3) is 5.10. The molecule has 0 saturated heterocycles. The number of phenols is 1. The fourth-order valence-corrected chi connectivity index (χ4v) is 1.85. The topological polar surface area (TPSA) is 75.6 Å². The Bertz CT molecular complexity index is 683. The summed E-state index contributed by atoms with van der Waals surface area (Å²) in [6.07, 6.45) is -0.987. The lowest BCUT2D eigenvalue weighted by molar-refractivity contribution is -0.152. The molecule has 0 heterocycles. The number of anilines is 1. The molecule has 0 fully saturated rings. The Balaban J connectivity index is 1.86. The van der Waals surface area contributed by atoms with Crippen LogP contribution in [0.25, 0.3) is 0 Å². The van der Waals surface area contributed by atoms with Gasteiger partial charge in [0.1, 0.15) is 11.6 Å². The standard InChI is InChI=1S/C17H16FNO4/c1-11(17(22)19-14-6-4-13(18)5-7-14)23-16(21)10-12-2-8-15(20)9-3-12/h2-9,11,20H,10H2,1H3,(H,19,22)/t11-/m1/s1. The molecule has 0 bridgehead atoms. The Kier molecular flexibility index (Phi) is 5.30. The lowest BCUT2D eigenvalue weighted by atomic mass is 10.1. The summed E-state index contributed by atoms with van der Waals surface area (Å²) in [4.78, 5) is 23.7. The van der Waals surface area contributed by atoms with Crippen LogP contribution in [-0.2, 0) is 20.7 Å². The summed E-state index contributed by atoms with van der Waals surface area (Å²) < 4.78 is 17.8. The second-order valence-corrected chi connectivity index (χ2v) is 4.97. The Morgan fingerprint density at radius 1 is 1.13 bits per heavy atom. The number of carbonyl (C=O) groups excluding carboxylic acids is 2. The van der Waals surface area contributed by atoms with Crippen molar-refractivity contribution in [1.82, 2.24) is 0 Å². The van der Waals surface area contributed by atoms with Crippen molar-refractivity contribution in [1.29, 1.82) is 0 Å². The highest BCUT2D eigenvalue weighted by Crippen LogP contribution is 2.12. The summed E-state index contributed by atoms with van der Waals surface area (Å²) >= 11 is 0. The van der Waals surface area contributed by atoms with E-state index in [1.807, 2.05) is 0 Å². The molecule has 0 aliphatic rings. The van der Waals surface area contributed by atoms with Gasteiger partial charge in [0.25, 0.3) is 5.91 Å². The van der Waals surface area contributed by atoms with Crippen molar-refractivity contribution in [2.24, 2.45) is 0 Å². The van der Waals surface area contributed by atoms with E-state index >= 15 is 0 Å². The number of halogens is 1. The third-order valence-electron chi connectivity index (χ3n) is 3.07. The monoisotopic (exact) mass is 317 g/mol. The number of hydrogen-bond donors (Lipinski definition) is 2. The highest BCUT2D eigenvalue weighted by Gasteiger charge is 2.18. The number of rotatable bonds is 5. The lowest BCUT2D eigenvalue weighted by Gasteiger charge is -2.13. The highest BCUT2D eigenvalue weighted by atomic mass is 19.1. The second kappa shape index (κ2) is 7.40. The van der Waals surface area contributed by atoms with E-state index in [1.165, 1.54) is 43.3 Å². The number of nitrogens with one attached hydrogen (secondary N) is 1. The number of aromatic hydroxyl groups is 1. The maximum atomic E-state index is 12.8. The van der Waals surface area contributed by atoms with E-state index in [-0.39, 0.29) is 12.2 Å². The molecule has 23 heavy (non-hydrogen) atoms. The molecule has 120 valence electrons. The second-order valence-electron chi connectivity index (χ2n) is 4.97. The smallest absolute Gasteiger partial charge is 0.311 e. The first-order chi connectivity index (χ1) is 10.9. The van der Waals surface area contributed by atoms with Crippen molar-refractivity contribution >= 4 is 17.6 Å². The zero-order valence-electron chi connectivity index (χ0n) is 12.5. The molecule has 2 aromatic carbocycles. The first-order valence-electron chi connectivity index (χ1n) is 6.98. The fraction of sp³-hybridized carbons (Fsp3) is 0.176. The van der Waals surface area contributed by atoms with Crippen molar-refractivity contribution in [3.8, 4) is 5.75 Å². The van der Waals surface area contributed by atoms with E-state index in [2.05, 4.69) is 5.32 Å². The van der Waals surface area contributed by atoms with E-state index in [9.17, 15) is 19.1 Å². The first kappa shape index (κ1) is 16.5. The molecule has 0 aliphatic heterocycles. The van der Waals surface area contributed by atoms with Gasteiger partial charge >= 0.3 is 5.97 Å². The van der Waals surface area contributed by atoms with Crippen molar-refractivity contribution in [2.75, 3.05) is 5.32 Å². The maximum Gasteiger partial charge on any atom is 0.311 e. The van der Waals surface area contributed by atoms with Gasteiger partial charge in [0.15, 0.2) is 6.10 Å². The molecule has 0 aliphatic carbocycles. The largest absolute Gasteiger partial charge is 0.508 e.